The van der Waals surface area contributed by atoms with E-state index < -0.39 is 0 Å². The second-order valence-corrected chi connectivity index (χ2v) is 3.42. The van der Waals surface area contributed by atoms with Gasteiger partial charge in [0.2, 0.25) is 0 Å². The van der Waals surface area contributed by atoms with Crippen LogP contribution in [0.2, 0.25) is 0 Å². The van der Waals surface area contributed by atoms with E-state index >= 15 is 0 Å². The molecule has 0 aliphatic carbocycles. The number of rotatable bonds is 7. The first-order valence-corrected chi connectivity index (χ1v) is 5.56. The molecule has 0 spiro atoms. The van der Waals surface area contributed by atoms with Crippen molar-refractivity contribution >= 4 is 17.5 Å². The Kier molecular flexibility index (Phi) is 6.44. The Morgan fingerprint density at radius 1 is 1.44 bits per heavy atom. The fourth-order valence-corrected chi connectivity index (χ4v) is 1.17. The van der Waals surface area contributed by atoms with Gasteiger partial charge in [-0.3, -0.25) is 4.79 Å². The van der Waals surface area contributed by atoms with Crippen molar-refractivity contribution < 1.29 is 9.53 Å². The van der Waals surface area contributed by atoms with Gasteiger partial charge in [-0.15, -0.1) is 11.6 Å². The number of hydrogen-bond acceptors (Lipinski definition) is 4. The zero-order chi connectivity index (χ0) is 11.6. The molecule has 6 heteroatoms. The maximum absolute atomic E-state index is 11.5. The van der Waals surface area contributed by atoms with Crippen molar-refractivity contribution in [1.82, 2.24) is 15.5 Å². The van der Waals surface area contributed by atoms with E-state index in [1.807, 2.05) is 0 Å². The zero-order valence-electron chi connectivity index (χ0n) is 8.86. The predicted octanol–water partition coefficient (Wildman–Crippen LogP) is 0.852. The molecule has 1 amide bonds. The number of alkyl halides is 1. The molecular weight excluding hydrogens is 230 g/mol. The predicted molar refractivity (Wildman–Crippen MR) is 60.5 cm³/mol. The maximum Gasteiger partial charge on any atom is 0.252 e. The summed E-state index contributed by atoms with van der Waals surface area (Å²) < 4.78 is 5.16. The van der Waals surface area contributed by atoms with Crippen LogP contribution in [0.15, 0.2) is 18.5 Å². The van der Waals surface area contributed by atoms with Crippen LogP contribution in [0.5, 0.6) is 0 Å². The Labute approximate surface area is 99.2 Å². The number of amides is 1. The van der Waals surface area contributed by atoms with Gasteiger partial charge in [0.25, 0.3) is 5.91 Å². The molecule has 0 aromatic carbocycles. The Morgan fingerprint density at radius 2 is 2.31 bits per heavy atom. The summed E-state index contributed by atoms with van der Waals surface area (Å²) in [7, 11) is 0. The lowest BCUT2D eigenvalue weighted by atomic mass is 10.3. The summed E-state index contributed by atoms with van der Waals surface area (Å²) >= 11 is 5.44. The summed E-state index contributed by atoms with van der Waals surface area (Å²) in [5.41, 5.74) is 0.511. The third kappa shape index (κ3) is 5.04. The highest BCUT2D eigenvalue weighted by Crippen LogP contribution is 1.93. The topological polar surface area (TPSA) is 64.1 Å². The smallest absolute Gasteiger partial charge is 0.252 e. The molecule has 0 aliphatic heterocycles. The van der Waals surface area contributed by atoms with E-state index in [4.69, 9.17) is 16.3 Å². The standard InChI is InChI=1S/C10H14ClN3O2/c11-3-7-16-6-1-4-12-10(15)9-2-5-13-14-8-9/h2,5,8H,1,3-4,6-7H2,(H,12,15). The van der Waals surface area contributed by atoms with Gasteiger partial charge in [-0.2, -0.15) is 10.2 Å². The van der Waals surface area contributed by atoms with E-state index in [1.54, 1.807) is 6.07 Å². The summed E-state index contributed by atoms with van der Waals surface area (Å²) in [6.45, 7) is 1.72. The van der Waals surface area contributed by atoms with E-state index in [1.165, 1.54) is 12.4 Å². The van der Waals surface area contributed by atoms with Gasteiger partial charge in [0.1, 0.15) is 0 Å². The van der Waals surface area contributed by atoms with Crippen molar-refractivity contribution in [3.8, 4) is 0 Å². The fraction of sp³-hybridized carbons (Fsp3) is 0.500. The van der Waals surface area contributed by atoms with Crippen molar-refractivity contribution in [2.45, 2.75) is 6.42 Å². The molecule has 88 valence electrons. The molecule has 16 heavy (non-hydrogen) atoms. The molecule has 0 radical (unpaired) electrons. The minimum atomic E-state index is -0.146. The van der Waals surface area contributed by atoms with Crippen LogP contribution in [-0.4, -0.2) is 41.7 Å². The Hall–Kier alpha value is -1.20. The number of carbonyl (C=O) groups excluding carboxylic acids is 1. The highest BCUT2D eigenvalue weighted by molar-refractivity contribution is 6.17. The number of carbonyl (C=O) groups is 1. The van der Waals surface area contributed by atoms with Gasteiger partial charge in [0.15, 0.2) is 0 Å². The van der Waals surface area contributed by atoms with Crippen molar-refractivity contribution in [2.75, 3.05) is 25.6 Å². The summed E-state index contributed by atoms with van der Waals surface area (Å²) in [5.74, 6) is 0.349. The molecule has 0 aliphatic rings. The van der Waals surface area contributed by atoms with E-state index in [-0.39, 0.29) is 5.91 Å². The van der Waals surface area contributed by atoms with E-state index in [0.717, 1.165) is 6.42 Å². The van der Waals surface area contributed by atoms with Crippen molar-refractivity contribution in [3.05, 3.63) is 24.0 Å². The molecule has 1 rings (SSSR count). The molecule has 0 bridgehead atoms. The molecule has 1 N–H and O–H groups in total. The highest BCUT2D eigenvalue weighted by atomic mass is 35.5. The van der Waals surface area contributed by atoms with Crippen LogP contribution < -0.4 is 5.32 Å². The van der Waals surface area contributed by atoms with Gasteiger partial charge < -0.3 is 10.1 Å². The number of nitrogens with zero attached hydrogens (tertiary/aromatic N) is 2. The van der Waals surface area contributed by atoms with Crippen molar-refractivity contribution in [3.63, 3.8) is 0 Å². The van der Waals surface area contributed by atoms with E-state index in [2.05, 4.69) is 15.5 Å². The molecule has 5 nitrogen and oxygen atoms in total. The van der Waals surface area contributed by atoms with Gasteiger partial charge >= 0.3 is 0 Å². The molecular formula is C10H14ClN3O2. The first kappa shape index (κ1) is 12.9. The van der Waals surface area contributed by atoms with Gasteiger partial charge in [0.05, 0.1) is 24.6 Å². The highest BCUT2D eigenvalue weighted by Gasteiger charge is 2.03. The molecule has 1 aromatic heterocycles. The van der Waals surface area contributed by atoms with Crippen LogP contribution in [0.1, 0.15) is 16.8 Å². The lowest BCUT2D eigenvalue weighted by Crippen LogP contribution is -2.25. The largest absolute Gasteiger partial charge is 0.380 e. The monoisotopic (exact) mass is 243 g/mol. The molecule has 0 atom stereocenters. The number of nitrogens with one attached hydrogen (secondary N) is 1. The third-order valence-electron chi connectivity index (χ3n) is 1.82. The van der Waals surface area contributed by atoms with Crippen LogP contribution in [0.25, 0.3) is 0 Å². The third-order valence-corrected chi connectivity index (χ3v) is 1.97. The Bertz CT molecular complexity index is 308. The van der Waals surface area contributed by atoms with Crippen molar-refractivity contribution in [2.24, 2.45) is 0 Å². The van der Waals surface area contributed by atoms with Gasteiger partial charge in [0, 0.05) is 19.0 Å². The summed E-state index contributed by atoms with van der Waals surface area (Å²) in [6.07, 6.45) is 3.68. The number of ether oxygens (including phenoxy) is 1. The van der Waals surface area contributed by atoms with Crippen LogP contribution >= 0.6 is 11.6 Å². The summed E-state index contributed by atoms with van der Waals surface area (Å²) in [5, 5.41) is 9.98. The average molecular weight is 244 g/mol. The molecule has 0 saturated carbocycles. The number of hydrogen-bond donors (Lipinski definition) is 1. The SMILES string of the molecule is O=C(NCCCOCCCl)c1ccnnc1. The van der Waals surface area contributed by atoms with Crippen molar-refractivity contribution in [1.29, 1.82) is 0 Å². The number of aromatic nitrogens is 2. The van der Waals surface area contributed by atoms with E-state index in [0.29, 0.717) is 31.2 Å². The molecule has 0 unspecified atom stereocenters. The maximum atomic E-state index is 11.5. The first-order chi connectivity index (χ1) is 7.84. The first-order valence-electron chi connectivity index (χ1n) is 5.03. The Morgan fingerprint density at radius 3 is 3.00 bits per heavy atom. The average Bonchev–Trinajstić information content (AvgIpc) is 2.34. The lowest BCUT2D eigenvalue weighted by Gasteiger charge is -2.04. The second-order valence-electron chi connectivity index (χ2n) is 3.04. The van der Waals surface area contributed by atoms with Crippen LogP contribution in [0, 0.1) is 0 Å². The lowest BCUT2D eigenvalue weighted by molar-refractivity contribution is 0.0944. The van der Waals surface area contributed by atoms with Crippen LogP contribution in [0.4, 0.5) is 0 Å². The minimum absolute atomic E-state index is 0.146. The van der Waals surface area contributed by atoms with Crippen LogP contribution in [-0.2, 0) is 4.74 Å². The van der Waals surface area contributed by atoms with Gasteiger partial charge in [-0.25, -0.2) is 0 Å². The fourth-order valence-electron chi connectivity index (χ4n) is 1.06. The molecule has 1 aromatic rings. The summed E-state index contributed by atoms with van der Waals surface area (Å²) in [4.78, 5) is 11.5. The number of halogens is 1. The molecule has 0 fully saturated rings. The minimum Gasteiger partial charge on any atom is -0.380 e. The molecule has 0 saturated heterocycles. The van der Waals surface area contributed by atoms with E-state index in [9.17, 15) is 4.79 Å². The quantitative estimate of drug-likeness (QED) is 0.570. The summed E-state index contributed by atoms with van der Waals surface area (Å²) in [6, 6.07) is 1.62. The zero-order valence-corrected chi connectivity index (χ0v) is 9.61. The van der Waals surface area contributed by atoms with Crippen LogP contribution in [0.3, 0.4) is 0 Å². The van der Waals surface area contributed by atoms with Gasteiger partial charge in [-0.05, 0) is 12.5 Å². The van der Waals surface area contributed by atoms with Gasteiger partial charge in [-0.1, -0.05) is 0 Å². The second kappa shape index (κ2) is 8.01. The normalized spacial score (nSPS) is 10.1. The Balaban J connectivity index is 2.12. The molecule has 1 heterocycles.